The summed E-state index contributed by atoms with van der Waals surface area (Å²) in [4.78, 5) is 0. The lowest BCUT2D eigenvalue weighted by molar-refractivity contribution is 0.671. The van der Waals surface area contributed by atoms with Crippen LogP contribution in [0.25, 0.3) is 76.5 Å². The van der Waals surface area contributed by atoms with Crippen LogP contribution in [-0.2, 0) is 6.42 Å². The van der Waals surface area contributed by atoms with E-state index in [1.807, 2.05) is 66.7 Å². The topological polar surface area (TPSA) is 13.1 Å². The van der Waals surface area contributed by atoms with Crippen molar-refractivity contribution in [3.8, 4) is 22.3 Å². The first-order valence-corrected chi connectivity index (χ1v) is 14.2. The number of hydrogen-bond acceptors (Lipinski definition) is 1. The van der Waals surface area contributed by atoms with Crippen LogP contribution >= 0.6 is 0 Å². The number of benzene rings is 8. The van der Waals surface area contributed by atoms with Gasteiger partial charge in [-0.05, 0) is 55.4 Å². The fourth-order valence-corrected chi connectivity index (χ4v) is 6.38. The third kappa shape index (κ3) is 3.80. The fourth-order valence-electron chi connectivity index (χ4n) is 6.38. The summed E-state index contributed by atoms with van der Waals surface area (Å²) in [6.07, 6.45) is -0.504. The van der Waals surface area contributed by atoms with Crippen LogP contribution in [0, 0.1) is 0 Å². The first kappa shape index (κ1) is 15.2. The van der Waals surface area contributed by atoms with Crippen LogP contribution in [-0.4, -0.2) is 0 Å². The van der Waals surface area contributed by atoms with Gasteiger partial charge >= 0.3 is 0 Å². The second kappa shape index (κ2) is 9.97. The van der Waals surface area contributed by atoms with Crippen LogP contribution < -0.4 is 0 Å². The molecule has 0 fully saturated rings. The lowest BCUT2D eigenvalue weighted by Gasteiger charge is -2.17. The molecule has 0 atom stereocenters. The molecule has 0 aliphatic rings. The van der Waals surface area contributed by atoms with Gasteiger partial charge in [0.1, 0.15) is 11.2 Å². The highest BCUT2D eigenvalue weighted by molar-refractivity contribution is 6.21. The minimum absolute atomic E-state index is 0.0312. The molecule has 1 heterocycles. The normalized spacial score (nSPS) is 15.9. The zero-order chi connectivity index (χ0) is 40.3. The van der Waals surface area contributed by atoms with Crippen molar-refractivity contribution < 1.29 is 22.2 Å². The zero-order valence-electron chi connectivity index (χ0n) is 36.1. The highest BCUT2D eigenvalue weighted by atomic mass is 16.3. The van der Waals surface area contributed by atoms with Crippen LogP contribution in [0.2, 0.25) is 0 Å². The van der Waals surface area contributed by atoms with Gasteiger partial charge in [0.25, 0.3) is 0 Å². The number of fused-ring (bicyclic) bond motifs is 6. The summed E-state index contributed by atoms with van der Waals surface area (Å²) in [5.41, 5.74) is 2.77. The van der Waals surface area contributed by atoms with Gasteiger partial charge in [0.2, 0.25) is 0 Å². The van der Waals surface area contributed by atoms with E-state index in [1.165, 1.54) is 0 Å². The molecule has 0 amide bonds. The first-order valence-electron chi connectivity index (χ1n) is 20.7. The number of furan rings is 1. The lowest BCUT2D eigenvalue weighted by Crippen LogP contribution is -1.95. The quantitative estimate of drug-likeness (QED) is 0.191. The summed E-state index contributed by atoms with van der Waals surface area (Å²) in [7, 11) is 0. The van der Waals surface area contributed by atoms with E-state index in [0.29, 0.717) is 22.1 Å². The molecule has 9 aromatic rings. The molecule has 1 heteroatoms. The van der Waals surface area contributed by atoms with Gasteiger partial charge < -0.3 is 4.42 Å². The highest BCUT2D eigenvalue weighted by Crippen LogP contribution is 2.46. The van der Waals surface area contributed by atoms with Gasteiger partial charge in [0.05, 0.1) is 17.8 Å². The molecule has 0 unspecified atom stereocenters. The maximum Gasteiger partial charge on any atom is 0.143 e. The number of para-hydroxylation sites is 2. The Morgan fingerprint density at radius 2 is 0.955 bits per heavy atom. The van der Waals surface area contributed by atoms with Crippen LogP contribution in [0.5, 0.6) is 0 Å². The Morgan fingerprint density at radius 3 is 1.68 bits per heavy atom. The molecule has 8 aromatic carbocycles. The molecule has 1 nitrogen and oxygen atoms in total. The Kier molecular flexibility index (Phi) is 3.44. The molecule has 0 saturated carbocycles. The molecule has 0 spiro atoms. The molecule has 206 valence electrons. The minimum atomic E-state index is -0.620. The lowest BCUT2D eigenvalue weighted by atomic mass is 9.86. The Bertz CT molecular complexity index is 3140. The van der Waals surface area contributed by atoms with Crippen LogP contribution in [0.4, 0.5) is 0 Å². The van der Waals surface area contributed by atoms with E-state index in [-0.39, 0.29) is 38.2 Å². The average molecular weight is 574 g/mol. The van der Waals surface area contributed by atoms with Gasteiger partial charge in [0, 0.05) is 27.5 Å². The molecule has 0 radical (unpaired) electrons. The van der Waals surface area contributed by atoms with Crippen molar-refractivity contribution in [2.75, 3.05) is 0 Å². The number of hydrogen-bond donors (Lipinski definition) is 0. The predicted octanol–water partition coefficient (Wildman–Crippen LogP) is 12.0. The van der Waals surface area contributed by atoms with Crippen molar-refractivity contribution in [1.82, 2.24) is 0 Å². The summed E-state index contributed by atoms with van der Waals surface area (Å²) in [5.74, 6) is 0. The third-order valence-corrected chi connectivity index (χ3v) is 8.26. The van der Waals surface area contributed by atoms with Crippen molar-refractivity contribution in [2.45, 2.75) is 6.42 Å². The molecule has 1 aromatic heterocycles. The van der Waals surface area contributed by atoms with Gasteiger partial charge in [0.15, 0.2) is 0 Å². The SMILES string of the molecule is [2H]c1c([2H])c([2H])c(Cc2c3c([2H])c([2H])c([2H])c([2H])c3c(-c3cccc4c3oc3c(-c5cccc6ccccc56)cccc34)c3c([2H])c([2H])c([2H])c([2H])c23)c([2H])c1[2H]. The standard InChI is InChI=1S/C43H28O/c1-2-13-28(14-3-1)27-40-32-18-6-8-20-34(32)41(35-21-9-7-19-33(35)40)39-26-12-25-38-37-24-11-23-36(42(37)44-43(38)39)31-22-10-16-29-15-4-5-17-30(29)31/h1-26H,27H2/i1D,2D,3D,6D,7D,8D,9D,13D,14D,18D,19D,20D,21D. The summed E-state index contributed by atoms with van der Waals surface area (Å²) in [5, 5.41) is 3.12. The molecular weight excluding hydrogens is 532 g/mol. The average Bonchev–Trinajstić information content (AvgIpc) is 3.62. The summed E-state index contributed by atoms with van der Waals surface area (Å²) < 4.78 is 121. The van der Waals surface area contributed by atoms with Gasteiger partial charge in [-0.1, -0.05) is 157 Å². The second-order valence-electron chi connectivity index (χ2n) is 10.6. The van der Waals surface area contributed by atoms with Gasteiger partial charge in [-0.3, -0.25) is 0 Å². The Balaban J connectivity index is 1.48. The number of rotatable bonds is 4. The maximum atomic E-state index is 9.33. The maximum absolute atomic E-state index is 9.33. The van der Waals surface area contributed by atoms with E-state index in [1.54, 1.807) is 12.1 Å². The van der Waals surface area contributed by atoms with Gasteiger partial charge in [-0.15, -0.1) is 0 Å². The van der Waals surface area contributed by atoms with Crippen molar-refractivity contribution in [1.29, 1.82) is 0 Å². The van der Waals surface area contributed by atoms with E-state index in [9.17, 15) is 5.48 Å². The molecule has 0 saturated heterocycles. The third-order valence-electron chi connectivity index (χ3n) is 8.26. The molecule has 9 rings (SSSR count). The van der Waals surface area contributed by atoms with Crippen LogP contribution in [0.15, 0.2) is 162 Å². The molecular formula is C43H28O. The van der Waals surface area contributed by atoms with Crippen LogP contribution in [0.3, 0.4) is 0 Å². The van der Waals surface area contributed by atoms with E-state index in [2.05, 4.69) is 0 Å². The Morgan fingerprint density at radius 1 is 0.432 bits per heavy atom. The van der Waals surface area contributed by atoms with Crippen molar-refractivity contribution in [3.63, 3.8) is 0 Å². The smallest absolute Gasteiger partial charge is 0.143 e. The highest BCUT2D eigenvalue weighted by Gasteiger charge is 2.21. The minimum Gasteiger partial charge on any atom is -0.455 e. The summed E-state index contributed by atoms with van der Waals surface area (Å²) in [6, 6.07) is 17.8. The van der Waals surface area contributed by atoms with Gasteiger partial charge in [-0.25, -0.2) is 0 Å². The molecule has 0 N–H and O–H groups in total. The zero-order valence-corrected chi connectivity index (χ0v) is 23.1. The monoisotopic (exact) mass is 573 g/mol. The second-order valence-corrected chi connectivity index (χ2v) is 10.6. The molecule has 0 bridgehead atoms. The van der Waals surface area contributed by atoms with Crippen molar-refractivity contribution in [3.05, 3.63) is 169 Å². The van der Waals surface area contributed by atoms with Crippen molar-refractivity contribution >= 4 is 54.3 Å². The first-order chi connectivity index (χ1) is 27.2. The Hall–Kier alpha value is -5.66. The summed E-state index contributed by atoms with van der Waals surface area (Å²) in [6.45, 7) is 0. The van der Waals surface area contributed by atoms with Crippen molar-refractivity contribution in [2.24, 2.45) is 0 Å². The summed E-state index contributed by atoms with van der Waals surface area (Å²) >= 11 is 0. The molecule has 44 heavy (non-hydrogen) atoms. The van der Waals surface area contributed by atoms with E-state index in [4.69, 9.17) is 16.8 Å². The largest absolute Gasteiger partial charge is 0.455 e. The van der Waals surface area contributed by atoms with E-state index in [0.717, 1.165) is 27.3 Å². The molecule has 0 aliphatic heterocycles. The van der Waals surface area contributed by atoms with E-state index >= 15 is 0 Å². The molecule has 0 aliphatic carbocycles. The Labute approximate surface area is 273 Å². The predicted molar refractivity (Wildman–Crippen MR) is 186 cm³/mol. The fraction of sp³-hybridized carbons (Fsp3) is 0.0233. The van der Waals surface area contributed by atoms with E-state index < -0.39 is 85.0 Å². The van der Waals surface area contributed by atoms with Gasteiger partial charge in [-0.2, -0.15) is 0 Å². The van der Waals surface area contributed by atoms with Crippen LogP contribution in [0.1, 0.15) is 28.9 Å².